The Morgan fingerprint density at radius 3 is 3.00 bits per heavy atom. The molecule has 1 aromatic carbocycles. The van der Waals surface area contributed by atoms with Gasteiger partial charge in [0.15, 0.2) is 0 Å². The Labute approximate surface area is 122 Å². The lowest BCUT2D eigenvalue weighted by atomic mass is 9.87. The Kier molecular flexibility index (Phi) is 5.86. The molecule has 0 radical (unpaired) electrons. The Hall–Kier alpha value is -1.06. The van der Waals surface area contributed by atoms with E-state index in [0.717, 1.165) is 12.3 Å². The maximum atomic E-state index is 5.92. The zero-order chi connectivity index (χ0) is 14.4. The molecule has 0 fully saturated rings. The molecule has 0 aromatic heterocycles. The van der Waals surface area contributed by atoms with E-state index in [2.05, 4.69) is 30.4 Å². The highest BCUT2D eigenvalue weighted by Gasteiger charge is 2.20. The summed E-state index contributed by atoms with van der Waals surface area (Å²) in [7, 11) is 1.71. The van der Waals surface area contributed by atoms with E-state index in [4.69, 9.17) is 9.47 Å². The number of aryl methyl sites for hydroxylation is 1. The molecular weight excluding hydrogens is 250 g/mol. The topological polar surface area (TPSA) is 30.5 Å². The van der Waals surface area contributed by atoms with Crippen molar-refractivity contribution in [2.24, 2.45) is 0 Å². The molecule has 2 unspecified atom stereocenters. The predicted molar refractivity (Wildman–Crippen MR) is 82.4 cm³/mol. The van der Waals surface area contributed by atoms with Gasteiger partial charge in [-0.25, -0.2) is 0 Å². The average molecular weight is 277 g/mol. The molecule has 0 saturated carbocycles. The van der Waals surface area contributed by atoms with Crippen molar-refractivity contribution in [2.45, 2.75) is 51.7 Å². The van der Waals surface area contributed by atoms with Gasteiger partial charge in [0.05, 0.1) is 6.61 Å². The van der Waals surface area contributed by atoms with E-state index in [1.165, 1.54) is 36.8 Å². The number of fused-ring (bicyclic) bond motifs is 1. The fourth-order valence-corrected chi connectivity index (χ4v) is 2.88. The van der Waals surface area contributed by atoms with Gasteiger partial charge in [-0.2, -0.15) is 0 Å². The summed E-state index contributed by atoms with van der Waals surface area (Å²) in [6.45, 7) is 5.95. The number of methoxy groups -OCH3 is 1. The molecule has 1 N–H and O–H groups in total. The van der Waals surface area contributed by atoms with Gasteiger partial charge in [-0.05, 0) is 62.4 Å². The quantitative estimate of drug-likeness (QED) is 0.827. The van der Waals surface area contributed by atoms with Crippen LogP contribution in [0.3, 0.4) is 0 Å². The Bertz CT molecular complexity index is 419. The smallest absolute Gasteiger partial charge is 0.120 e. The summed E-state index contributed by atoms with van der Waals surface area (Å²) in [4.78, 5) is 0. The van der Waals surface area contributed by atoms with Gasteiger partial charge in [-0.15, -0.1) is 0 Å². The van der Waals surface area contributed by atoms with Crippen LogP contribution in [0.5, 0.6) is 5.75 Å². The van der Waals surface area contributed by atoms with E-state index in [1.807, 2.05) is 6.92 Å². The Balaban J connectivity index is 2.10. The van der Waals surface area contributed by atoms with Crippen LogP contribution in [0.1, 0.15) is 50.3 Å². The molecule has 0 bridgehead atoms. The lowest BCUT2D eigenvalue weighted by molar-refractivity contribution is 0.0919. The van der Waals surface area contributed by atoms with Gasteiger partial charge in [-0.3, -0.25) is 0 Å². The summed E-state index contributed by atoms with van der Waals surface area (Å²) in [6, 6.07) is 7.02. The summed E-state index contributed by atoms with van der Waals surface area (Å²) in [5.41, 5.74) is 2.89. The first kappa shape index (κ1) is 15.3. The van der Waals surface area contributed by atoms with Crippen molar-refractivity contribution in [1.82, 2.24) is 5.32 Å². The standard InChI is InChI=1S/C17H27NO2/c1-4-10-18-17-7-5-6-14-8-9-15(11-16(14)17)20-13(2)12-19-3/h8-9,11,13,17-18H,4-7,10,12H2,1-3H3. The molecule has 112 valence electrons. The van der Waals surface area contributed by atoms with Gasteiger partial charge in [0, 0.05) is 13.2 Å². The zero-order valence-corrected chi connectivity index (χ0v) is 12.9. The van der Waals surface area contributed by atoms with Gasteiger partial charge in [0.2, 0.25) is 0 Å². The van der Waals surface area contributed by atoms with Crippen molar-refractivity contribution in [3.63, 3.8) is 0 Å². The Morgan fingerprint density at radius 2 is 2.25 bits per heavy atom. The molecular formula is C17H27NO2. The number of benzene rings is 1. The van der Waals surface area contributed by atoms with E-state index in [0.29, 0.717) is 12.6 Å². The minimum absolute atomic E-state index is 0.0868. The molecule has 0 amide bonds. The SMILES string of the molecule is CCCNC1CCCc2ccc(OC(C)COC)cc21. The second kappa shape index (κ2) is 7.65. The molecule has 1 aliphatic carbocycles. The van der Waals surface area contributed by atoms with Crippen molar-refractivity contribution in [1.29, 1.82) is 0 Å². The van der Waals surface area contributed by atoms with Crippen LogP contribution < -0.4 is 10.1 Å². The van der Waals surface area contributed by atoms with E-state index in [9.17, 15) is 0 Å². The second-order valence-electron chi connectivity index (χ2n) is 5.64. The molecule has 0 aliphatic heterocycles. The third-order valence-electron chi connectivity index (χ3n) is 3.81. The van der Waals surface area contributed by atoms with Crippen molar-refractivity contribution in [2.75, 3.05) is 20.3 Å². The lowest BCUT2D eigenvalue weighted by Gasteiger charge is -2.27. The molecule has 2 rings (SSSR count). The number of ether oxygens (including phenoxy) is 2. The van der Waals surface area contributed by atoms with Gasteiger partial charge < -0.3 is 14.8 Å². The average Bonchev–Trinajstić information content (AvgIpc) is 2.45. The van der Waals surface area contributed by atoms with Gasteiger partial charge >= 0.3 is 0 Å². The summed E-state index contributed by atoms with van der Waals surface area (Å²) >= 11 is 0. The number of hydrogen-bond donors (Lipinski definition) is 1. The monoisotopic (exact) mass is 277 g/mol. The third-order valence-corrected chi connectivity index (χ3v) is 3.81. The second-order valence-corrected chi connectivity index (χ2v) is 5.64. The molecule has 3 heteroatoms. The van der Waals surface area contributed by atoms with Crippen LogP contribution in [0.25, 0.3) is 0 Å². The van der Waals surface area contributed by atoms with Crippen molar-refractivity contribution in [3.8, 4) is 5.75 Å². The van der Waals surface area contributed by atoms with Crippen LogP contribution in [-0.4, -0.2) is 26.4 Å². The van der Waals surface area contributed by atoms with Crippen LogP contribution >= 0.6 is 0 Å². The van der Waals surface area contributed by atoms with Crippen LogP contribution in [0.15, 0.2) is 18.2 Å². The first-order valence-corrected chi connectivity index (χ1v) is 7.76. The summed E-state index contributed by atoms with van der Waals surface area (Å²) in [6.07, 6.45) is 4.95. The van der Waals surface area contributed by atoms with E-state index in [-0.39, 0.29) is 6.10 Å². The predicted octanol–water partition coefficient (Wildman–Crippen LogP) is 3.48. The van der Waals surface area contributed by atoms with Gasteiger partial charge in [0.1, 0.15) is 11.9 Å². The molecule has 2 atom stereocenters. The maximum absolute atomic E-state index is 5.92. The molecule has 0 spiro atoms. The maximum Gasteiger partial charge on any atom is 0.120 e. The van der Waals surface area contributed by atoms with E-state index < -0.39 is 0 Å². The van der Waals surface area contributed by atoms with Crippen molar-refractivity contribution >= 4 is 0 Å². The Morgan fingerprint density at radius 1 is 1.40 bits per heavy atom. The molecule has 20 heavy (non-hydrogen) atoms. The first-order chi connectivity index (χ1) is 9.74. The minimum atomic E-state index is 0.0868. The van der Waals surface area contributed by atoms with Crippen LogP contribution in [-0.2, 0) is 11.2 Å². The van der Waals surface area contributed by atoms with E-state index in [1.54, 1.807) is 7.11 Å². The molecule has 1 aromatic rings. The molecule has 3 nitrogen and oxygen atoms in total. The summed E-state index contributed by atoms with van der Waals surface area (Å²) < 4.78 is 11.0. The largest absolute Gasteiger partial charge is 0.488 e. The van der Waals surface area contributed by atoms with Gasteiger partial charge in [-0.1, -0.05) is 13.0 Å². The number of rotatable bonds is 7. The fourth-order valence-electron chi connectivity index (χ4n) is 2.88. The number of nitrogens with one attached hydrogen (secondary N) is 1. The summed E-state index contributed by atoms with van der Waals surface area (Å²) in [5, 5.41) is 3.65. The molecule has 0 heterocycles. The van der Waals surface area contributed by atoms with Crippen LogP contribution in [0.4, 0.5) is 0 Å². The highest BCUT2D eigenvalue weighted by atomic mass is 16.5. The molecule has 0 saturated heterocycles. The third kappa shape index (κ3) is 3.97. The molecule has 1 aliphatic rings. The highest BCUT2D eigenvalue weighted by molar-refractivity contribution is 5.39. The van der Waals surface area contributed by atoms with Crippen molar-refractivity contribution < 1.29 is 9.47 Å². The van der Waals surface area contributed by atoms with E-state index >= 15 is 0 Å². The van der Waals surface area contributed by atoms with Crippen LogP contribution in [0, 0.1) is 0 Å². The first-order valence-electron chi connectivity index (χ1n) is 7.76. The fraction of sp³-hybridized carbons (Fsp3) is 0.647. The van der Waals surface area contributed by atoms with Crippen molar-refractivity contribution in [3.05, 3.63) is 29.3 Å². The normalized spacial score (nSPS) is 19.4. The van der Waals surface area contributed by atoms with Crippen LogP contribution in [0.2, 0.25) is 0 Å². The highest BCUT2D eigenvalue weighted by Crippen LogP contribution is 2.32. The zero-order valence-electron chi connectivity index (χ0n) is 12.9. The lowest BCUT2D eigenvalue weighted by Crippen LogP contribution is -2.26. The van der Waals surface area contributed by atoms with Gasteiger partial charge in [0.25, 0.3) is 0 Å². The summed E-state index contributed by atoms with van der Waals surface area (Å²) in [5.74, 6) is 0.957. The minimum Gasteiger partial charge on any atom is -0.488 e. The number of hydrogen-bond acceptors (Lipinski definition) is 3.